The number of carbonyl (C=O) groups excluding carboxylic acids is 1. The molecule has 4 aromatic carbocycles. The third-order valence-electron chi connectivity index (χ3n) is 8.41. The molecule has 0 spiro atoms. The molecule has 48 heavy (non-hydrogen) atoms. The lowest BCUT2D eigenvalue weighted by Crippen LogP contribution is -2.33. The lowest BCUT2D eigenvalue weighted by Gasteiger charge is -2.13. The van der Waals surface area contributed by atoms with Gasteiger partial charge in [0.2, 0.25) is 0 Å². The number of hydrogen-bond donors (Lipinski definition) is 1. The van der Waals surface area contributed by atoms with E-state index in [-0.39, 0.29) is 10.2 Å². The van der Waals surface area contributed by atoms with E-state index >= 15 is 0 Å². The van der Waals surface area contributed by atoms with Crippen LogP contribution in [0.15, 0.2) is 108 Å². The van der Waals surface area contributed by atoms with Gasteiger partial charge in [-0.25, -0.2) is 0 Å². The Morgan fingerprint density at radius 2 is 1.17 bits per heavy atom. The van der Waals surface area contributed by atoms with Gasteiger partial charge in [-0.3, -0.25) is 14.5 Å². The first-order chi connectivity index (χ1) is 23.4. The van der Waals surface area contributed by atoms with Crippen molar-refractivity contribution in [3.63, 3.8) is 0 Å². The van der Waals surface area contributed by atoms with Crippen molar-refractivity contribution < 1.29 is 14.7 Å². The lowest BCUT2D eigenvalue weighted by molar-refractivity contribution is -0.140. The van der Waals surface area contributed by atoms with E-state index in [1.807, 2.05) is 28.7 Å². The summed E-state index contributed by atoms with van der Waals surface area (Å²) in [6.45, 7) is -0.422. The van der Waals surface area contributed by atoms with Crippen LogP contribution in [-0.4, -0.2) is 32.7 Å². The number of nitrogens with zero attached hydrogens (tertiary/aromatic N) is 1. The molecule has 1 aliphatic rings. The van der Waals surface area contributed by atoms with E-state index in [0.717, 1.165) is 31.3 Å². The Hall–Kier alpha value is -4.16. The number of amides is 1. The maximum Gasteiger partial charge on any atom is 0.323 e. The fourth-order valence-electron chi connectivity index (χ4n) is 6.23. The zero-order valence-corrected chi connectivity index (χ0v) is 29.7. The SMILES string of the molecule is O=C(O)CN1C(=O)/C(=C\c2ccc(-c3ccc(-c4ccc(-c5ccc(-c6ccc7ccc8cccc9ccc6c7c89)s5)s4)s3)s2)SC1=S. The van der Waals surface area contributed by atoms with Crippen molar-refractivity contribution in [3.8, 4) is 39.7 Å². The van der Waals surface area contributed by atoms with Crippen LogP contribution >= 0.6 is 69.3 Å². The number of carboxylic acid groups (broad SMARTS) is 1. The van der Waals surface area contributed by atoms with Gasteiger partial charge in [0.25, 0.3) is 5.91 Å². The van der Waals surface area contributed by atoms with Crippen LogP contribution in [0.1, 0.15) is 4.88 Å². The predicted molar refractivity (Wildman–Crippen MR) is 211 cm³/mol. The van der Waals surface area contributed by atoms with Crippen molar-refractivity contribution in [1.29, 1.82) is 0 Å². The Bertz CT molecular complexity index is 2600. The van der Waals surface area contributed by atoms with Crippen molar-refractivity contribution in [2.45, 2.75) is 0 Å². The van der Waals surface area contributed by atoms with Crippen molar-refractivity contribution in [2.75, 3.05) is 6.54 Å². The average Bonchev–Trinajstić information content (AvgIpc) is 3.93. The van der Waals surface area contributed by atoms with Crippen molar-refractivity contribution in [3.05, 3.63) is 113 Å². The molecule has 1 amide bonds. The molecule has 10 heteroatoms. The van der Waals surface area contributed by atoms with Gasteiger partial charge in [-0.15, -0.1) is 45.3 Å². The van der Waals surface area contributed by atoms with Gasteiger partial charge < -0.3 is 5.11 Å². The number of aliphatic carboxylic acids is 1. The van der Waals surface area contributed by atoms with Crippen molar-refractivity contribution >= 4 is 124 Å². The Kier molecular flexibility index (Phi) is 7.34. The summed E-state index contributed by atoms with van der Waals surface area (Å²) in [5, 5.41) is 16.9. The minimum absolute atomic E-state index is 0.273. The topological polar surface area (TPSA) is 57.6 Å². The number of thioether (sulfide) groups is 1. The Balaban J connectivity index is 0.964. The molecule has 8 aromatic rings. The summed E-state index contributed by atoms with van der Waals surface area (Å²) in [5.74, 6) is -1.44. The van der Waals surface area contributed by atoms with Gasteiger partial charge in [0.1, 0.15) is 10.9 Å². The molecule has 0 atom stereocenters. The number of thiocarbonyl (C=S) groups is 1. The second-order valence-corrected chi connectivity index (χ2v) is 17.4. The molecular formula is C38H21NO3S6. The zero-order valence-electron chi connectivity index (χ0n) is 24.8. The van der Waals surface area contributed by atoms with Crippen LogP contribution < -0.4 is 0 Å². The molecular weight excluding hydrogens is 711 g/mol. The maximum atomic E-state index is 12.7. The minimum atomic E-state index is -1.09. The summed E-state index contributed by atoms with van der Waals surface area (Å²) in [6.07, 6.45) is 1.80. The van der Waals surface area contributed by atoms with Crippen LogP contribution in [0.5, 0.6) is 0 Å². The second-order valence-electron chi connectivity index (χ2n) is 11.3. The van der Waals surface area contributed by atoms with E-state index in [4.69, 9.17) is 17.3 Å². The molecule has 0 unspecified atom stereocenters. The summed E-state index contributed by atoms with van der Waals surface area (Å²) in [6, 6.07) is 37.4. The molecule has 0 bridgehead atoms. The van der Waals surface area contributed by atoms with Crippen molar-refractivity contribution in [2.24, 2.45) is 0 Å². The molecule has 1 N–H and O–H groups in total. The Morgan fingerprint density at radius 3 is 1.81 bits per heavy atom. The Labute approximate surface area is 300 Å². The standard InChI is InChI=1S/C38H21NO3S6/c40-34(41)19-39-37(42)33(48-38(39)43)18-23-8-11-27(44-23)28-14-15-31(46-28)32-17-16-30(47-32)29-13-12-26(45-29)24-9-6-22-5-4-20-2-1-3-21-7-10-25(24)36(22)35(20)21/h1-18H,19H2,(H,40,41)/b33-18+. The van der Waals surface area contributed by atoms with E-state index in [2.05, 4.69) is 97.1 Å². The first kappa shape index (κ1) is 29.9. The van der Waals surface area contributed by atoms with Gasteiger partial charge in [-0.2, -0.15) is 0 Å². The van der Waals surface area contributed by atoms with Gasteiger partial charge in [0.15, 0.2) is 0 Å². The number of benzene rings is 4. The summed E-state index contributed by atoms with van der Waals surface area (Å²) in [7, 11) is 0. The molecule has 9 rings (SSSR count). The number of carbonyl (C=O) groups is 2. The molecule has 4 nitrogen and oxygen atoms in total. The monoisotopic (exact) mass is 731 g/mol. The smallest absolute Gasteiger partial charge is 0.323 e. The summed E-state index contributed by atoms with van der Waals surface area (Å²) < 4.78 is 0.273. The second kappa shape index (κ2) is 11.8. The third kappa shape index (κ3) is 5.11. The normalized spacial score (nSPS) is 14.5. The van der Waals surface area contributed by atoms with Gasteiger partial charge in [-0.05, 0) is 92.5 Å². The highest BCUT2D eigenvalue weighted by Crippen LogP contribution is 2.46. The quantitative estimate of drug-likeness (QED) is 0.100. The van der Waals surface area contributed by atoms with Gasteiger partial charge in [0.05, 0.1) is 4.91 Å². The van der Waals surface area contributed by atoms with Crippen molar-refractivity contribution in [1.82, 2.24) is 4.90 Å². The summed E-state index contributed by atoms with van der Waals surface area (Å²) >= 11 is 13.4. The highest BCUT2D eigenvalue weighted by atomic mass is 32.2. The van der Waals surface area contributed by atoms with E-state index in [1.165, 1.54) is 62.3 Å². The number of carboxylic acids is 1. The van der Waals surface area contributed by atoms with E-state index in [1.54, 1.807) is 28.7 Å². The number of thiophene rings is 4. The van der Waals surface area contributed by atoms with Crippen LogP contribution in [0.25, 0.3) is 78.1 Å². The number of hydrogen-bond acceptors (Lipinski definition) is 8. The van der Waals surface area contributed by atoms with Crippen LogP contribution in [0.3, 0.4) is 0 Å². The molecule has 0 radical (unpaired) electrons. The minimum Gasteiger partial charge on any atom is -0.480 e. The van der Waals surface area contributed by atoms with E-state index in [0.29, 0.717) is 4.91 Å². The molecule has 5 heterocycles. The molecule has 0 saturated carbocycles. The van der Waals surface area contributed by atoms with Crippen LogP contribution in [0.2, 0.25) is 0 Å². The highest BCUT2D eigenvalue weighted by Gasteiger charge is 2.33. The summed E-state index contributed by atoms with van der Waals surface area (Å²) in [4.78, 5) is 34.8. The summed E-state index contributed by atoms with van der Waals surface area (Å²) in [5.41, 5.74) is 1.28. The highest BCUT2D eigenvalue weighted by molar-refractivity contribution is 8.26. The lowest BCUT2D eigenvalue weighted by atomic mass is 9.91. The first-order valence-electron chi connectivity index (χ1n) is 14.9. The first-order valence-corrected chi connectivity index (χ1v) is 19.4. The molecule has 1 aliphatic heterocycles. The zero-order chi connectivity index (χ0) is 32.5. The fourth-order valence-corrected chi connectivity index (χ4v) is 11.8. The molecule has 0 aliphatic carbocycles. The molecule has 1 fully saturated rings. The molecule has 232 valence electrons. The van der Waals surface area contributed by atoms with Crippen LogP contribution in [0.4, 0.5) is 0 Å². The third-order valence-corrected chi connectivity index (χ3v) is 14.7. The van der Waals surface area contributed by atoms with E-state index in [9.17, 15) is 9.59 Å². The molecule has 4 aromatic heterocycles. The maximum absolute atomic E-state index is 12.7. The van der Waals surface area contributed by atoms with Gasteiger partial charge in [0, 0.05) is 39.0 Å². The van der Waals surface area contributed by atoms with Gasteiger partial charge in [-0.1, -0.05) is 78.6 Å². The van der Waals surface area contributed by atoms with Crippen LogP contribution in [0, 0.1) is 0 Å². The molecule has 1 saturated heterocycles. The predicted octanol–water partition coefficient (Wildman–Crippen LogP) is 11.8. The average molecular weight is 732 g/mol. The number of rotatable bonds is 7. The largest absolute Gasteiger partial charge is 0.480 e. The van der Waals surface area contributed by atoms with Crippen LogP contribution in [-0.2, 0) is 9.59 Å². The van der Waals surface area contributed by atoms with E-state index < -0.39 is 12.5 Å². The Morgan fingerprint density at radius 1 is 0.646 bits per heavy atom. The van der Waals surface area contributed by atoms with Gasteiger partial charge >= 0.3 is 5.97 Å². The fraction of sp³-hybridized carbons (Fsp3) is 0.0263.